The first kappa shape index (κ1) is 14.3. The Balaban J connectivity index is 1.71. The molecule has 1 saturated carbocycles. The van der Waals surface area contributed by atoms with Gasteiger partial charge in [-0.05, 0) is 31.7 Å². The van der Waals surface area contributed by atoms with Crippen molar-refractivity contribution in [1.29, 1.82) is 0 Å². The van der Waals surface area contributed by atoms with Crippen LogP contribution in [-0.2, 0) is 16.0 Å². The molecule has 1 saturated heterocycles. The van der Waals surface area contributed by atoms with Gasteiger partial charge in [0, 0.05) is 12.5 Å². The molecule has 1 aliphatic heterocycles. The maximum Gasteiger partial charge on any atom is 0.233 e. The molecule has 1 aromatic carbocycles. The summed E-state index contributed by atoms with van der Waals surface area (Å²) in [6.45, 7) is 2.06. The number of hydrogen-bond acceptors (Lipinski definition) is 2. The van der Waals surface area contributed by atoms with Crippen LogP contribution in [0.1, 0.15) is 49.7 Å². The first-order chi connectivity index (χ1) is 10.1. The summed E-state index contributed by atoms with van der Waals surface area (Å²) in [5.74, 6) is -0.0424. The van der Waals surface area contributed by atoms with Crippen LogP contribution in [0.25, 0.3) is 0 Å². The van der Waals surface area contributed by atoms with E-state index in [1.165, 1.54) is 12.0 Å². The quantitative estimate of drug-likeness (QED) is 0.799. The van der Waals surface area contributed by atoms with Gasteiger partial charge in [-0.3, -0.25) is 14.5 Å². The van der Waals surface area contributed by atoms with Crippen LogP contribution in [0.2, 0.25) is 0 Å². The van der Waals surface area contributed by atoms with Crippen LogP contribution in [0.15, 0.2) is 24.3 Å². The maximum atomic E-state index is 12.6. The number of hydrogen-bond donors (Lipinski definition) is 0. The van der Waals surface area contributed by atoms with Gasteiger partial charge in [0.25, 0.3) is 0 Å². The number of nitrogens with zero attached hydrogens (tertiary/aromatic N) is 1. The van der Waals surface area contributed by atoms with E-state index in [-0.39, 0.29) is 23.8 Å². The van der Waals surface area contributed by atoms with Gasteiger partial charge >= 0.3 is 0 Å². The van der Waals surface area contributed by atoms with E-state index >= 15 is 0 Å². The average Bonchev–Trinajstić information content (AvgIpc) is 2.74. The second kappa shape index (κ2) is 6.00. The molecule has 2 aliphatic rings. The molecule has 3 heteroatoms. The highest BCUT2D eigenvalue weighted by molar-refractivity contribution is 6.04. The molecule has 2 amide bonds. The lowest BCUT2D eigenvalue weighted by Crippen LogP contribution is -2.41. The summed E-state index contributed by atoms with van der Waals surface area (Å²) in [5, 5.41) is 0. The van der Waals surface area contributed by atoms with E-state index in [0.717, 1.165) is 31.2 Å². The number of likely N-dealkylation sites (tertiary alicyclic amines) is 1. The monoisotopic (exact) mass is 285 g/mol. The summed E-state index contributed by atoms with van der Waals surface area (Å²) in [5.41, 5.74) is 2.36. The van der Waals surface area contributed by atoms with Crippen LogP contribution in [0.5, 0.6) is 0 Å². The molecular weight excluding hydrogens is 262 g/mol. The summed E-state index contributed by atoms with van der Waals surface area (Å²) in [7, 11) is 0. The lowest BCUT2D eigenvalue weighted by Gasteiger charge is -2.29. The molecule has 21 heavy (non-hydrogen) atoms. The topological polar surface area (TPSA) is 37.4 Å². The van der Waals surface area contributed by atoms with Crippen molar-refractivity contribution in [1.82, 2.24) is 4.90 Å². The van der Waals surface area contributed by atoms with Gasteiger partial charge in [-0.1, -0.05) is 49.1 Å². The van der Waals surface area contributed by atoms with Crippen LogP contribution in [0.4, 0.5) is 0 Å². The summed E-state index contributed by atoms with van der Waals surface area (Å²) >= 11 is 0. The molecule has 0 radical (unpaired) electrons. The van der Waals surface area contributed by atoms with Gasteiger partial charge in [0.1, 0.15) is 0 Å². The number of aryl methyl sites for hydroxylation is 1. The number of carbonyl (C=O) groups excluding carboxylic acids is 2. The fraction of sp³-hybridized carbons (Fsp3) is 0.556. The predicted molar refractivity (Wildman–Crippen MR) is 81.7 cm³/mol. The molecular formula is C18H23NO2. The predicted octanol–water partition coefficient (Wildman–Crippen LogP) is 3.25. The fourth-order valence-corrected chi connectivity index (χ4v) is 3.72. The fourth-order valence-electron chi connectivity index (χ4n) is 3.72. The largest absolute Gasteiger partial charge is 0.279 e. The van der Waals surface area contributed by atoms with Gasteiger partial charge < -0.3 is 0 Å². The molecule has 1 aromatic rings. The first-order valence-electron chi connectivity index (χ1n) is 8.06. The molecule has 0 bridgehead atoms. The number of benzene rings is 1. The zero-order valence-corrected chi connectivity index (χ0v) is 12.7. The third-order valence-corrected chi connectivity index (χ3v) is 4.78. The number of imide groups is 1. The molecule has 0 aromatic heterocycles. The van der Waals surface area contributed by atoms with Crippen molar-refractivity contribution in [3.05, 3.63) is 35.4 Å². The molecule has 3 rings (SSSR count). The average molecular weight is 285 g/mol. The van der Waals surface area contributed by atoms with Crippen LogP contribution < -0.4 is 0 Å². The minimum Gasteiger partial charge on any atom is -0.279 e. The van der Waals surface area contributed by atoms with Gasteiger partial charge in [0.05, 0.1) is 5.92 Å². The molecule has 2 fully saturated rings. The van der Waals surface area contributed by atoms with Crippen molar-refractivity contribution >= 4 is 11.8 Å². The molecule has 3 nitrogen and oxygen atoms in total. The SMILES string of the molecule is Cc1cccc(C[C@H]2CC(=O)N(C3CCCCC3)C2=O)c1. The summed E-state index contributed by atoms with van der Waals surface area (Å²) in [6, 6.07) is 8.40. The summed E-state index contributed by atoms with van der Waals surface area (Å²) < 4.78 is 0. The molecule has 0 N–H and O–H groups in total. The van der Waals surface area contributed by atoms with Gasteiger partial charge in [0.15, 0.2) is 0 Å². The van der Waals surface area contributed by atoms with Gasteiger partial charge in [0.2, 0.25) is 11.8 Å². The standard InChI is InChI=1S/C18H23NO2/c1-13-6-5-7-14(10-13)11-15-12-17(20)19(18(15)21)16-8-3-2-4-9-16/h5-7,10,15-16H,2-4,8-9,11-12H2,1H3/t15-/m0/s1. The van der Waals surface area contributed by atoms with Gasteiger partial charge in [-0.2, -0.15) is 0 Å². The van der Waals surface area contributed by atoms with E-state index in [2.05, 4.69) is 19.1 Å². The minimum atomic E-state index is -0.152. The Bertz CT molecular complexity index is 546. The second-order valence-corrected chi connectivity index (χ2v) is 6.49. The van der Waals surface area contributed by atoms with Crippen molar-refractivity contribution in [3.63, 3.8) is 0 Å². The van der Waals surface area contributed by atoms with Crippen LogP contribution in [0.3, 0.4) is 0 Å². The van der Waals surface area contributed by atoms with E-state index in [1.807, 2.05) is 12.1 Å². The van der Waals surface area contributed by atoms with Crippen molar-refractivity contribution in [2.75, 3.05) is 0 Å². The van der Waals surface area contributed by atoms with Gasteiger partial charge in [-0.15, -0.1) is 0 Å². The van der Waals surface area contributed by atoms with Crippen LogP contribution in [-0.4, -0.2) is 22.8 Å². The van der Waals surface area contributed by atoms with E-state index in [9.17, 15) is 9.59 Å². The number of carbonyl (C=O) groups is 2. The minimum absolute atomic E-state index is 0.0459. The third kappa shape index (κ3) is 3.02. The molecule has 112 valence electrons. The highest BCUT2D eigenvalue weighted by Crippen LogP contribution is 2.31. The third-order valence-electron chi connectivity index (χ3n) is 4.78. The van der Waals surface area contributed by atoms with Crippen molar-refractivity contribution in [2.45, 2.75) is 57.9 Å². The Kier molecular flexibility index (Phi) is 4.09. The highest BCUT2D eigenvalue weighted by Gasteiger charge is 2.42. The van der Waals surface area contributed by atoms with Crippen molar-refractivity contribution in [3.8, 4) is 0 Å². The Hall–Kier alpha value is -1.64. The van der Waals surface area contributed by atoms with E-state index in [4.69, 9.17) is 0 Å². The zero-order chi connectivity index (χ0) is 14.8. The van der Waals surface area contributed by atoms with Crippen LogP contribution in [0, 0.1) is 12.8 Å². The molecule has 1 heterocycles. The molecule has 0 spiro atoms. The smallest absolute Gasteiger partial charge is 0.233 e. The Morgan fingerprint density at radius 3 is 2.62 bits per heavy atom. The number of rotatable bonds is 3. The lowest BCUT2D eigenvalue weighted by molar-refractivity contribution is -0.142. The Morgan fingerprint density at radius 2 is 1.90 bits per heavy atom. The maximum absolute atomic E-state index is 12.6. The lowest BCUT2D eigenvalue weighted by atomic mass is 9.94. The molecule has 1 aliphatic carbocycles. The zero-order valence-electron chi connectivity index (χ0n) is 12.7. The highest BCUT2D eigenvalue weighted by atomic mass is 16.2. The summed E-state index contributed by atoms with van der Waals surface area (Å²) in [6.07, 6.45) is 6.59. The normalized spacial score (nSPS) is 23.9. The number of amides is 2. The van der Waals surface area contributed by atoms with Crippen LogP contribution >= 0.6 is 0 Å². The van der Waals surface area contributed by atoms with E-state index in [0.29, 0.717) is 12.8 Å². The van der Waals surface area contributed by atoms with Gasteiger partial charge in [-0.25, -0.2) is 0 Å². The van der Waals surface area contributed by atoms with E-state index in [1.54, 1.807) is 4.90 Å². The Morgan fingerprint density at radius 1 is 1.14 bits per heavy atom. The van der Waals surface area contributed by atoms with E-state index < -0.39 is 0 Å². The molecule has 1 atom stereocenters. The Labute approximate surface area is 126 Å². The van der Waals surface area contributed by atoms with Crippen molar-refractivity contribution < 1.29 is 9.59 Å². The first-order valence-corrected chi connectivity index (χ1v) is 8.06. The second-order valence-electron chi connectivity index (χ2n) is 6.49. The van der Waals surface area contributed by atoms with Crippen molar-refractivity contribution in [2.24, 2.45) is 5.92 Å². The summed E-state index contributed by atoms with van der Waals surface area (Å²) in [4.78, 5) is 26.5. The molecule has 0 unspecified atom stereocenters.